The van der Waals surface area contributed by atoms with E-state index in [9.17, 15) is 4.79 Å². The van der Waals surface area contributed by atoms with Gasteiger partial charge in [-0.15, -0.1) is 0 Å². The number of aromatic nitrogens is 2. The van der Waals surface area contributed by atoms with Crippen LogP contribution in [-0.2, 0) is 14.3 Å². The van der Waals surface area contributed by atoms with E-state index in [2.05, 4.69) is 20.3 Å². The van der Waals surface area contributed by atoms with E-state index in [-0.39, 0.29) is 24.4 Å². The maximum atomic E-state index is 11.5. The van der Waals surface area contributed by atoms with Crippen molar-refractivity contribution in [3.63, 3.8) is 0 Å². The van der Waals surface area contributed by atoms with Crippen LogP contribution in [0, 0.1) is 0 Å². The monoisotopic (exact) mass is 283 g/mol. The van der Waals surface area contributed by atoms with E-state index in [0.29, 0.717) is 6.61 Å². The zero-order valence-corrected chi connectivity index (χ0v) is 11.6. The molecule has 0 spiro atoms. The first-order valence-electron chi connectivity index (χ1n) is 6.11. The largest absolute Gasteiger partial charge is 0.461 e. The van der Waals surface area contributed by atoms with E-state index in [1.54, 1.807) is 0 Å². The quantitative estimate of drug-likeness (QED) is 0.777. The Balaban J connectivity index is 1.90. The highest BCUT2D eigenvalue weighted by molar-refractivity contribution is 5.91. The van der Waals surface area contributed by atoms with Gasteiger partial charge in [0.05, 0.1) is 13.7 Å². The van der Waals surface area contributed by atoms with Gasteiger partial charge in [0.25, 0.3) is 5.91 Å². The summed E-state index contributed by atoms with van der Waals surface area (Å²) in [5.41, 5.74) is 2.32. The molecule has 1 unspecified atom stereocenters. The smallest absolute Gasteiger partial charge is 0.317 e. The number of hydrogen-bond donors (Lipinski definition) is 1. The Bertz CT molecular complexity index is 480. The fourth-order valence-corrected chi connectivity index (χ4v) is 1.69. The fourth-order valence-electron chi connectivity index (χ4n) is 1.69. The maximum absolute atomic E-state index is 11.5. The molecule has 8 nitrogen and oxygen atoms in total. The van der Waals surface area contributed by atoms with Crippen LogP contribution in [-0.4, -0.2) is 48.1 Å². The number of nitrogens with one attached hydrogen (secondary N) is 1. The zero-order valence-electron chi connectivity index (χ0n) is 11.6. The van der Waals surface area contributed by atoms with Crippen molar-refractivity contribution in [2.45, 2.75) is 25.7 Å². The molecule has 110 valence electrons. The van der Waals surface area contributed by atoms with Gasteiger partial charge in [-0.05, 0) is 19.9 Å². The summed E-state index contributed by atoms with van der Waals surface area (Å²) < 4.78 is 16.4. The molecular formula is C12H17N3O5. The van der Waals surface area contributed by atoms with E-state index in [0.717, 1.165) is 0 Å². The van der Waals surface area contributed by atoms with Gasteiger partial charge < -0.3 is 14.2 Å². The van der Waals surface area contributed by atoms with Crippen LogP contribution in [0.15, 0.2) is 12.3 Å². The molecule has 0 saturated carbocycles. The molecule has 1 aliphatic heterocycles. The number of nitrogens with zero attached hydrogens (tertiary/aromatic N) is 2. The van der Waals surface area contributed by atoms with Gasteiger partial charge in [0.1, 0.15) is 18.4 Å². The summed E-state index contributed by atoms with van der Waals surface area (Å²) in [5, 5.41) is 0. The first kappa shape index (κ1) is 14.6. The number of carbonyl (C=O) groups excluding carboxylic acids is 1. The molecule has 1 amide bonds. The molecule has 0 bridgehead atoms. The average molecular weight is 283 g/mol. The number of carbonyl (C=O) groups is 1. The second-order valence-corrected chi connectivity index (χ2v) is 4.62. The van der Waals surface area contributed by atoms with E-state index in [1.807, 2.05) is 13.8 Å². The third-order valence-electron chi connectivity index (χ3n) is 2.53. The predicted octanol–water partition coefficient (Wildman–Crippen LogP) is 0.298. The summed E-state index contributed by atoms with van der Waals surface area (Å²) in [6.45, 7) is 4.36. The molecule has 0 radical (unpaired) electrons. The van der Waals surface area contributed by atoms with Gasteiger partial charge in [-0.1, -0.05) is 0 Å². The summed E-state index contributed by atoms with van der Waals surface area (Å²) in [6, 6.07) is 1.56. The highest BCUT2D eigenvalue weighted by Gasteiger charge is 2.33. The summed E-state index contributed by atoms with van der Waals surface area (Å²) in [4.78, 5) is 23.9. The Morgan fingerprint density at radius 1 is 1.60 bits per heavy atom. The Morgan fingerprint density at radius 2 is 2.40 bits per heavy atom. The summed E-state index contributed by atoms with van der Waals surface area (Å²) in [6.07, 6.45) is 1.24. The summed E-state index contributed by atoms with van der Waals surface area (Å²) in [7, 11) is 1.34. The molecule has 1 aromatic rings. The van der Waals surface area contributed by atoms with Crippen molar-refractivity contribution >= 4 is 5.91 Å². The van der Waals surface area contributed by atoms with Crippen LogP contribution in [0.1, 0.15) is 24.3 Å². The van der Waals surface area contributed by atoms with Crippen LogP contribution in [0.25, 0.3) is 0 Å². The second-order valence-electron chi connectivity index (χ2n) is 4.62. The van der Waals surface area contributed by atoms with E-state index >= 15 is 0 Å². The normalized spacial score (nSPS) is 20.6. The first-order valence-corrected chi connectivity index (χ1v) is 6.11. The topological polar surface area (TPSA) is 91.8 Å². The highest BCUT2D eigenvalue weighted by Crippen LogP contribution is 2.22. The molecular weight excluding hydrogens is 266 g/mol. The lowest BCUT2D eigenvalue weighted by Crippen LogP contribution is -2.26. The van der Waals surface area contributed by atoms with Crippen LogP contribution in [0.5, 0.6) is 6.01 Å². The highest BCUT2D eigenvalue weighted by atomic mass is 16.7. The number of hydroxylamine groups is 1. The predicted molar refractivity (Wildman–Crippen MR) is 66.9 cm³/mol. The first-order chi connectivity index (χ1) is 9.50. The van der Waals surface area contributed by atoms with Crippen molar-refractivity contribution in [2.75, 3.05) is 20.3 Å². The molecule has 1 fully saturated rings. The lowest BCUT2D eigenvalue weighted by molar-refractivity contribution is -0.141. The van der Waals surface area contributed by atoms with Gasteiger partial charge in [-0.2, -0.15) is 4.98 Å². The lowest BCUT2D eigenvalue weighted by atomic mass is 10.4. The van der Waals surface area contributed by atoms with Crippen molar-refractivity contribution in [3.05, 3.63) is 18.0 Å². The van der Waals surface area contributed by atoms with E-state index in [4.69, 9.17) is 14.2 Å². The van der Waals surface area contributed by atoms with Crippen molar-refractivity contribution in [1.82, 2.24) is 15.4 Å². The zero-order chi connectivity index (χ0) is 14.6. The molecule has 8 heteroatoms. The van der Waals surface area contributed by atoms with Crippen molar-refractivity contribution in [2.24, 2.45) is 0 Å². The molecule has 1 atom stereocenters. The minimum absolute atomic E-state index is 0.0991. The van der Waals surface area contributed by atoms with Crippen LogP contribution in [0.3, 0.4) is 0 Å². The molecule has 20 heavy (non-hydrogen) atoms. The molecule has 1 aromatic heterocycles. The summed E-state index contributed by atoms with van der Waals surface area (Å²) in [5.74, 6) is -1.07. The lowest BCUT2D eigenvalue weighted by Gasteiger charge is -2.16. The number of hydrogen-bond acceptors (Lipinski definition) is 7. The van der Waals surface area contributed by atoms with Gasteiger partial charge in [0, 0.05) is 6.20 Å². The molecule has 2 heterocycles. The van der Waals surface area contributed by atoms with Crippen LogP contribution >= 0.6 is 0 Å². The average Bonchev–Trinajstić information content (AvgIpc) is 2.77. The van der Waals surface area contributed by atoms with Crippen molar-refractivity contribution < 1.29 is 23.8 Å². The summed E-state index contributed by atoms with van der Waals surface area (Å²) >= 11 is 0. The second kappa shape index (κ2) is 6.12. The van der Waals surface area contributed by atoms with Crippen molar-refractivity contribution in [3.8, 4) is 6.01 Å². The standard InChI is InChI=1S/C12H17N3O5/c1-12(2)19-7-8(20-12)6-18-11-13-5-4-9(14-11)10(16)15-17-3/h4-5,8H,6-7H2,1-3H3,(H,15,16). The van der Waals surface area contributed by atoms with Crippen LogP contribution in [0.4, 0.5) is 0 Å². The van der Waals surface area contributed by atoms with Gasteiger partial charge in [0.2, 0.25) is 0 Å². The Hall–Kier alpha value is -1.77. The van der Waals surface area contributed by atoms with Crippen LogP contribution < -0.4 is 10.2 Å². The maximum Gasteiger partial charge on any atom is 0.317 e. The molecule has 1 saturated heterocycles. The minimum atomic E-state index is -0.602. The Kier molecular flexibility index (Phi) is 4.48. The van der Waals surface area contributed by atoms with Gasteiger partial charge in [0.15, 0.2) is 5.79 Å². The third kappa shape index (κ3) is 3.86. The SMILES string of the molecule is CONC(=O)c1ccnc(OCC2COC(C)(C)O2)n1. The molecule has 0 aromatic carbocycles. The third-order valence-corrected chi connectivity index (χ3v) is 2.53. The van der Waals surface area contributed by atoms with E-state index < -0.39 is 11.7 Å². The Morgan fingerprint density at radius 3 is 3.05 bits per heavy atom. The van der Waals surface area contributed by atoms with E-state index in [1.165, 1.54) is 19.4 Å². The van der Waals surface area contributed by atoms with Crippen LogP contribution in [0.2, 0.25) is 0 Å². The van der Waals surface area contributed by atoms with Crippen molar-refractivity contribution in [1.29, 1.82) is 0 Å². The number of amides is 1. The number of rotatable bonds is 5. The Labute approximate surface area is 116 Å². The van der Waals surface area contributed by atoms with Gasteiger partial charge >= 0.3 is 6.01 Å². The van der Waals surface area contributed by atoms with Gasteiger partial charge in [-0.25, -0.2) is 10.5 Å². The minimum Gasteiger partial charge on any atom is -0.461 e. The molecule has 2 rings (SSSR count). The van der Waals surface area contributed by atoms with Gasteiger partial charge in [-0.3, -0.25) is 9.63 Å². The number of ether oxygens (including phenoxy) is 3. The molecule has 1 aliphatic rings. The molecule has 1 N–H and O–H groups in total. The fraction of sp³-hybridized carbons (Fsp3) is 0.583. The molecule has 0 aliphatic carbocycles.